The van der Waals surface area contributed by atoms with Crippen LogP contribution in [0.15, 0.2) is 48.5 Å². The summed E-state index contributed by atoms with van der Waals surface area (Å²) < 4.78 is 36.0. The Morgan fingerprint density at radius 1 is 1.13 bits per heavy atom. The molecule has 0 radical (unpaired) electrons. The molecule has 1 amide bonds. The first-order valence-electron chi connectivity index (χ1n) is 10.9. The molecular weight excluding hydrogens is 405 g/mol. The highest BCUT2D eigenvalue weighted by Gasteiger charge is 2.76. The van der Waals surface area contributed by atoms with Crippen LogP contribution >= 0.6 is 0 Å². The number of nitrogens with one attached hydrogen (secondary N) is 1. The molecule has 31 heavy (non-hydrogen) atoms. The van der Waals surface area contributed by atoms with E-state index in [2.05, 4.69) is 5.32 Å². The maximum Gasteiger partial charge on any atom is 0.408 e. The first kappa shape index (κ1) is 17.3. The van der Waals surface area contributed by atoms with Gasteiger partial charge in [0, 0.05) is 25.5 Å². The number of ether oxygens (including phenoxy) is 1. The van der Waals surface area contributed by atoms with E-state index in [0.29, 0.717) is 0 Å². The molecule has 2 fully saturated rings. The van der Waals surface area contributed by atoms with Gasteiger partial charge >= 0.3 is 18.0 Å². The third-order valence-electron chi connectivity index (χ3n) is 6.52. The molecule has 2 saturated carbocycles. The fourth-order valence-electron chi connectivity index (χ4n) is 5.12. The van der Waals surface area contributed by atoms with Gasteiger partial charge in [0.2, 0.25) is 0 Å². The highest BCUT2D eigenvalue weighted by atomic mass is 19.1. The van der Waals surface area contributed by atoms with Gasteiger partial charge in [-0.2, -0.15) is 0 Å². The molecule has 0 spiro atoms. The Kier molecular flexibility index (Phi) is 3.79. The molecule has 3 aliphatic rings. The van der Waals surface area contributed by atoms with Gasteiger partial charge in [-0.15, -0.1) is 0 Å². The van der Waals surface area contributed by atoms with Crippen molar-refractivity contribution in [3.63, 3.8) is 0 Å². The molecule has 0 unspecified atom stereocenters. The molecule has 0 saturated heterocycles. The summed E-state index contributed by atoms with van der Waals surface area (Å²) in [4.78, 5) is 36.2. The number of alkyl halides is 1. The second-order valence-corrected chi connectivity index (χ2v) is 8.07. The Bertz CT molecular complexity index is 1140. The van der Waals surface area contributed by atoms with Crippen LogP contribution in [-0.2, 0) is 14.3 Å². The number of alkyl carbamates (subject to hydrolysis) is 1. The third-order valence-corrected chi connectivity index (χ3v) is 6.52. The number of carbonyl (C=O) groups excluding carboxylic acids is 1. The first-order valence-corrected chi connectivity index (χ1v) is 9.83. The summed E-state index contributed by atoms with van der Waals surface area (Å²) in [5.74, 6) is -7.93. The van der Waals surface area contributed by atoms with Gasteiger partial charge < -0.3 is 20.3 Å². The molecule has 5 rings (SSSR count). The van der Waals surface area contributed by atoms with Crippen molar-refractivity contribution < 1.29 is 36.5 Å². The van der Waals surface area contributed by atoms with Gasteiger partial charge in [-0.1, -0.05) is 48.5 Å². The monoisotopic (exact) mass is 429 g/mol. The van der Waals surface area contributed by atoms with E-state index in [1.54, 1.807) is 0 Å². The summed E-state index contributed by atoms with van der Waals surface area (Å²) in [6.45, 7) is -0.143. The number of carboxylic acids is 2. The van der Waals surface area contributed by atoms with Crippen molar-refractivity contribution >= 4 is 18.0 Å². The number of hydrogen-bond donors (Lipinski definition) is 3. The number of rotatable bonds is 5. The Morgan fingerprint density at radius 3 is 2.26 bits per heavy atom. The molecule has 160 valence electrons. The molecule has 3 aliphatic carbocycles. The summed E-state index contributed by atoms with van der Waals surface area (Å²) >= 11 is 0. The molecule has 7 nitrogen and oxygen atoms in total. The molecular formula is C23H20FNO6. The molecule has 0 bridgehead atoms. The maximum atomic E-state index is 14.9. The number of fused-ring (bicyclic) bond motifs is 4. The molecule has 3 N–H and O–H groups in total. The van der Waals surface area contributed by atoms with Crippen LogP contribution in [0.5, 0.6) is 0 Å². The molecule has 2 aromatic carbocycles. The molecule has 2 aromatic rings. The summed E-state index contributed by atoms with van der Waals surface area (Å²) in [7, 11) is 0. The van der Waals surface area contributed by atoms with Crippen molar-refractivity contribution in [2.24, 2.45) is 17.8 Å². The van der Waals surface area contributed by atoms with Crippen LogP contribution in [0.25, 0.3) is 11.1 Å². The maximum absolute atomic E-state index is 14.9. The van der Waals surface area contributed by atoms with E-state index in [9.17, 15) is 29.0 Å². The van der Waals surface area contributed by atoms with Crippen LogP contribution in [0.3, 0.4) is 0 Å². The van der Waals surface area contributed by atoms with Crippen LogP contribution < -0.4 is 5.32 Å². The standard InChI is InChI=1S/C23H20FNO6/c24-16-9-23(21(28)29,19-17(16)18(19)20(26)27)25-22(30)31-10-15-13-7-3-1-5-11(13)12-6-2-4-8-14(12)15/h1-8,15-19H,9-10H2,(H,25,30)(H,26,27)(H,28,29)/t16-,17+,18+,19+,23+/m1/s1/i9T,16T/t9-,16+,17-,18-,19-,23-/m0. The quantitative estimate of drug-likeness (QED) is 0.673. The Morgan fingerprint density at radius 2 is 1.71 bits per heavy atom. The van der Waals surface area contributed by atoms with Gasteiger partial charge in [0.25, 0.3) is 0 Å². The highest BCUT2D eigenvalue weighted by molar-refractivity contribution is 5.89. The number of halogens is 1. The number of carbonyl (C=O) groups is 3. The topological polar surface area (TPSA) is 113 Å². The SMILES string of the molecule is [3H][C@H]1[C@@]([3H])(F)[C@H]2[C@H](C(=O)O)[C@H]2[C@]1(NC(=O)OCC1c2ccccc2-c2ccccc21)C(=O)O. The molecule has 0 heterocycles. The van der Waals surface area contributed by atoms with Gasteiger partial charge in [-0.05, 0) is 22.3 Å². The first-order chi connectivity index (χ1) is 15.6. The van der Waals surface area contributed by atoms with Crippen molar-refractivity contribution in [1.82, 2.24) is 5.32 Å². The van der Waals surface area contributed by atoms with Crippen molar-refractivity contribution in [1.29, 1.82) is 0 Å². The number of amides is 1. The molecule has 0 aliphatic heterocycles. The van der Waals surface area contributed by atoms with Crippen LogP contribution in [0.2, 0.25) is 0 Å². The van der Waals surface area contributed by atoms with E-state index >= 15 is 0 Å². The number of hydrogen-bond acceptors (Lipinski definition) is 4. The lowest BCUT2D eigenvalue weighted by Gasteiger charge is -2.28. The van der Waals surface area contributed by atoms with Gasteiger partial charge in [-0.3, -0.25) is 4.79 Å². The van der Waals surface area contributed by atoms with Gasteiger partial charge in [0.1, 0.15) is 18.3 Å². The third kappa shape index (κ3) is 2.81. The van der Waals surface area contributed by atoms with Gasteiger partial charge in [0.05, 0.1) is 7.29 Å². The Balaban J connectivity index is 1.38. The fraction of sp³-hybridized carbons (Fsp3) is 0.348. The van der Waals surface area contributed by atoms with Crippen LogP contribution in [0, 0.1) is 17.8 Å². The zero-order valence-corrected chi connectivity index (χ0v) is 16.1. The largest absolute Gasteiger partial charge is 0.481 e. The van der Waals surface area contributed by atoms with E-state index in [1.165, 1.54) is 0 Å². The van der Waals surface area contributed by atoms with E-state index in [1.807, 2.05) is 48.5 Å². The normalized spacial score (nSPS) is 35.8. The minimum Gasteiger partial charge on any atom is -0.481 e. The number of benzene rings is 2. The zero-order chi connectivity index (χ0) is 23.7. The van der Waals surface area contributed by atoms with Crippen LogP contribution in [0.1, 0.15) is 26.2 Å². The van der Waals surface area contributed by atoms with Crippen molar-refractivity contribution in [2.45, 2.75) is 24.0 Å². The Hall–Kier alpha value is -3.42. The summed E-state index contributed by atoms with van der Waals surface area (Å²) in [5.41, 5.74) is 1.27. The molecule has 6 atom stereocenters. The van der Waals surface area contributed by atoms with Crippen LogP contribution in [0.4, 0.5) is 9.18 Å². The van der Waals surface area contributed by atoms with Crippen molar-refractivity contribution in [3.05, 3.63) is 59.7 Å². The van der Waals surface area contributed by atoms with Gasteiger partial charge in [0.15, 0.2) is 0 Å². The summed E-state index contributed by atoms with van der Waals surface area (Å²) in [5, 5.41) is 21.2. The lowest BCUT2D eigenvalue weighted by atomic mass is 9.90. The lowest BCUT2D eigenvalue weighted by Crippen LogP contribution is -2.56. The van der Waals surface area contributed by atoms with E-state index in [-0.39, 0.29) is 12.5 Å². The minimum absolute atomic E-state index is 0.143. The average Bonchev–Trinajstić information content (AvgIpc) is 3.43. The van der Waals surface area contributed by atoms with Crippen LogP contribution in [-0.4, -0.2) is 46.5 Å². The van der Waals surface area contributed by atoms with E-state index in [4.69, 9.17) is 7.48 Å². The Labute approximate surface area is 179 Å². The zero-order valence-electron chi connectivity index (χ0n) is 18.1. The number of aliphatic carboxylic acids is 2. The predicted octanol–water partition coefficient (Wildman–Crippen LogP) is 3.04. The highest BCUT2D eigenvalue weighted by Crippen LogP contribution is 2.63. The predicted molar refractivity (Wildman–Crippen MR) is 106 cm³/mol. The van der Waals surface area contributed by atoms with Crippen molar-refractivity contribution in [2.75, 3.05) is 6.61 Å². The number of carboxylic acid groups (broad SMARTS) is 2. The lowest BCUT2D eigenvalue weighted by molar-refractivity contribution is -0.147. The van der Waals surface area contributed by atoms with E-state index in [0.717, 1.165) is 22.3 Å². The molecule has 0 aromatic heterocycles. The smallest absolute Gasteiger partial charge is 0.408 e. The second kappa shape index (κ2) is 6.80. The fourth-order valence-corrected chi connectivity index (χ4v) is 5.12. The summed E-state index contributed by atoms with van der Waals surface area (Å²) in [6, 6.07) is 15.2. The average molecular weight is 429 g/mol. The minimum atomic E-state index is -3.14. The summed E-state index contributed by atoms with van der Waals surface area (Å²) in [6.07, 6.45) is -6.56. The molecule has 8 heteroatoms. The van der Waals surface area contributed by atoms with Gasteiger partial charge in [-0.25, -0.2) is 14.0 Å². The van der Waals surface area contributed by atoms with E-state index < -0.39 is 53.9 Å². The second-order valence-electron chi connectivity index (χ2n) is 8.07. The van der Waals surface area contributed by atoms with Crippen molar-refractivity contribution in [3.8, 4) is 11.1 Å².